The van der Waals surface area contributed by atoms with Crippen LogP contribution in [0.3, 0.4) is 0 Å². The number of carbonyl (C=O) groups excluding carboxylic acids is 1. The minimum Gasteiger partial charge on any atom is -0.497 e. The number of sulfonamides is 1. The van der Waals surface area contributed by atoms with Crippen molar-refractivity contribution in [3.63, 3.8) is 0 Å². The minimum absolute atomic E-state index is 0.0354. The number of ether oxygens (including phenoxy) is 2. The Morgan fingerprint density at radius 1 is 1.04 bits per heavy atom. The summed E-state index contributed by atoms with van der Waals surface area (Å²) in [6, 6.07) is 11.1. The number of benzene rings is 2. The van der Waals surface area contributed by atoms with Gasteiger partial charge < -0.3 is 14.8 Å². The zero-order valence-electron chi connectivity index (χ0n) is 14.5. The van der Waals surface area contributed by atoms with Gasteiger partial charge in [-0.15, -0.1) is 0 Å². The van der Waals surface area contributed by atoms with E-state index in [1.54, 1.807) is 30.3 Å². The molecular formula is C18H20N2O5S. The first-order chi connectivity index (χ1) is 12.4. The molecule has 0 aromatic heterocycles. The smallest absolute Gasteiger partial charge is 0.265 e. The summed E-state index contributed by atoms with van der Waals surface area (Å²) in [6.07, 6.45) is 1.79. The first kappa shape index (κ1) is 18.1. The van der Waals surface area contributed by atoms with Gasteiger partial charge in [-0.2, -0.15) is 0 Å². The highest BCUT2D eigenvalue weighted by Gasteiger charge is 2.29. The van der Waals surface area contributed by atoms with Crippen molar-refractivity contribution in [2.45, 2.75) is 17.7 Å². The van der Waals surface area contributed by atoms with Crippen molar-refractivity contribution in [1.82, 2.24) is 0 Å². The molecule has 2 aromatic rings. The largest absolute Gasteiger partial charge is 0.497 e. The molecule has 0 unspecified atom stereocenters. The van der Waals surface area contributed by atoms with Gasteiger partial charge in [0.15, 0.2) is 0 Å². The van der Waals surface area contributed by atoms with E-state index >= 15 is 0 Å². The molecule has 8 heteroatoms. The highest BCUT2D eigenvalue weighted by atomic mass is 32.2. The third kappa shape index (κ3) is 4.08. The van der Waals surface area contributed by atoms with Gasteiger partial charge in [0.2, 0.25) is 5.91 Å². The molecule has 1 fully saturated rings. The predicted molar refractivity (Wildman–Crippen MR) is 98.2 cm³/mol. The van der Waals surface area contributed by atoms with E-state index < -0.39 is 10.0 Å². The molecule has 1 aliphatic carbocycles. The molecular weight excluding hydrogens is 356 g/mol. The van der Waals surface area contributed by atoms with E-state index in [0.717, 1.165) is 12.8 Å². The van der Waals surface area contributed by atoms with Crippen molar-refractivity contribution >= 4 is 27.3 Å². The fourth-order valence-electron chi connectivity index (χ4n) is 2.45. The average Bonchev–Trinajstić information content (AvgIpc) is 3.46. The Labute approximate surface area is 152 Å². The molecule has 7 nitrogen and oxygen atoms in total. The first-order valence-corrected chi connectivity index (χ1v) is 9.57. The molecule has 0 spiro atoms. The predicted octanol–water partition coefficient (Wildman–Crippen LogP) is 2.85. The molecule has 0 atom stereocenters. The van der Waals surface area contributed by atoms with Gasteiger partial charge in [0.25, 0.3) is 10.0 Å². The monoisotopic (exact) mass is 376 g/mol. The summed E-state index contributed by atoms with van der Waals surface area (Å²) in [5.74, 6) is 0.629. The Balaban J connectivity index is 1.84. The average molecular weight is 376 g/mol. The number of rotatable bonds is 7. The number of carbonyl (C=O) groups is 1. The molecule has 0 radical (unpaired) electrons. The number of hydrogen-bond donors (Lipinski definition) is 2. The minimum atomic E-state index is -3.91. The molecule has 0 saturated heterocycles. The quantitative estimate of drug-likeness (QED) is 0.775. The molecule has 1 saturated carbocycles. The Morgan fingerprint density at radius 2 is 1.77 bits per heavy atom. The lowest BCUT2D eigenvalue weighted by Gasteiger charge is -2.13. The van der Waals surface area contributed by atoms with Gasteiger partial charge in [-0.3, -0.25) is 9.52 Å². The maximum atomic E-state index is 12.8. The van der Waals surface area contributed by atoms with Crippen LogP contribution in [0, 0.1) is 5.92 Å². The van der Waals surface area contributed by atoms with E-state index in [2.05, 4.69) is 10.0 Å². The van der Waals surface area contributed by atoms with Gasteiger partial charge in [-0.1, -0.05) is 6.07 Å². The lowest BCUT2D eigenvalue weighted by Crippen LogP contribution is -2.15. The highest BCUT2D eigenvalue weighted by molar-refractivity contribution is 7.92. The van der Waals surface area contributed by atoms with Crippen LogP contribution in [-0.4, -0.2) is 28.5 Å². The SMILES string of the molecule is COc1ccc(OC)c(S(=O)(=O)Nc2cccc(NC(=O)C3CC3)c2)c1. The van der Waals surface area contributed by atoms with Crippen molar-refractivity contribution in [3.8, 4) is 11.5 Å². The first-order valence-electron chi connectivity index (χ1n) is 8.09. The van der Waals surface area contributed by atoms with Crippen LogP contribution >= 0.6 is 0 Å². The van der Waals surface area contributed by atoms with Crippen molar-refractivity contribution in [1.29, 1.82) is 0 Å². The number of amides is 1. The molecule has 1 amide bonds. The molecule has 2 aromatic carbocycles. The van der Waals surface area contributed by atoms with Crippen LogP contribution in [0.5, 0.6) is 11.5 Å². The maximum absolute atomic E-state index is 12.8. The van der Waals surface area contributed by atoms with Crippen molar-refractivity contribution in [2.24, 2.45) is 5.92 Å². The molecule has 0 aliphatic heterocycles. The van der Waals surface area contributed by atoms with Crippen LogP contribution < -0.4 is 19.5 Å². The van der Waals surface area contributed by atoms with E-state index in [-0.39, 0.29) is 22.5 Å². The van der Waals surface area contributed by atoms with Crippen LogP contribution in [-0.2, 0) is 14.8 Å². The van der Waals surface area contributed by atoms with Crippen molar-refractivity contribution < 1.29 is 22.7 Å². The number of nitrogens with one attached hydrogen (secondary N) is 2. The fraction of sp³-hybridized carbons (Fsp3) is 0.278. The topological polar surface area (TPSA) is 93.7 Å². The fourth-order valence-corrected chi connectivity index (χ4v) is 3.69. The summed E-state index contributed by atoms with van der Waals surface area (Å²) < 4.78 is 38.3. The zero-order valence-corrected chi connectivity index (χ0v) is 15.3. The summed E-state index contributed by atoms with van der Waals surface area (Å²) in [5.41, 5.74) is 0.878. The van der Waals surface area contributed by atoms with E-state index in [0.29, 0.717) is 17.1 Å². The van der Waals surface area contributed by atoms with Gasteiger partial charge in [-0.05, 0) is 43.2 Å². The van der Waals surface area contributed by atoms with Gasteiger partial charge in [-0.25, -0.2) is 8.42 Å². The number of hydrogen-bond acceptors (Lipinski definition) is 5. The van der Waals surface area contributed by atoms with Crippen LogP contribution in [0.15, 0.2) is 47.4 Å². The Bertz CT molecular complexity index is 923. The molecule has 0 heterocycles. The molecule has 2 N–H and O–H groups in total. The Morgan fingerprint density at radius 3 is 2.42 bits per heavy atom. The van der Waals surface area contributed by atoms with E-state index in [1.165, 1.54) is 26.4 Å². The Hall–Kier alpha value is -2.74. The summed E-state index contributed by atoms with van der Waals surface area (Å²) in [5, 5.41) is 2.79. The second kappa shape index (κ2) is 7.25. The maximum Gasteiger partial charge on any atom is 0.265 e. The van der Waals surface area contributed by atoms with Crippen molar-refractivity contribution in [2.75, 3.05) is 24.3 Å². The molecule has 138 valence electrons. The van der Waals surface area contributed by atoms with Crippen LogP contribution in [0.2, 0.25) is 0 Å². The molecule has 1 aliphatic rings. The lowest BCUT2D eigenvalue weighted by molar-refractivity contribution is -0.117. The second-order valence-corrected chi connectivity index (χ2v) is 7.62. The normalized spacial score (nSPS) is 13.8. The standard InChI is InChI=1S/C18H20N2O5S/c1-24-15-8-9-16(25-2)17(11-15)26(22,23)20-14-5-3-4-13(10-14)19-18(21)12-6-7-12/h3-5,8-12,20H,6-7H2,1-2H3,(H,19,21). The third-order valence-corrected chi connectivity index (χ3v) is 5.39. The van der Waals surface area contributed by atoms with Gasteiger partial charge in [0.05, 0.1) is 19.9 Å². The highest BCUT2D eigenvalue weighted by Crippen LogP contribution is 2.32. The van der Waals surface area contributed by atoms with Crippen LogP contribution in [0.25, 0.3) is 0 Å². The molecule has 3 rings (SSSR count). The van der Waals surface area contributed by atoms with Crippen LogP contribution in [0.1, 0.15) is 12.8 Å². The second-order valence-electron chi connectivity index (χ2n) is 5.97. The van der Waals surface area contributed by atoms with E-state index in [9.17, 15) is 13.2 Å². The zero-order chi connectivity index (χ0) is 18.7. The van der Waals surface area contributed by atoms with Gasteiger partial charge >= 0.3 is 0 Å². The lowest BCUT2D eigenvalue weighted by atomic mass is 10.2. The number of methoxy groups -OCH3 is 2. The van der Waals surface area contributed by atoms with Crippen LogP contribution in [0.4, 0.5) is 11.4 Å². The van der Waals surface area contributed by atoms with E-state index in [4.69, 9.17) is 9.47 Å². The Kier molecular flexibility index (Phi) is 5.03. The molecule has 0 bridgehead atoms. The number of anilines is 2. The summed E-state index contributed by atoms with van der Waals surface area (Å²) in [7, 11) is -1.05. The summed E-state index contributed by atoms with van der Waals surface area (Å²) in [6.45, 7) is 0. The van der Waals surface area contributed by atoms with E-state index in [1.807, 2.05) is 0 Å². The summed E-state index contributed by atoms with van der Waals surface area (Å²) >= 11 is 0. The van der Waals surface area contributed by atoms with Gasteiger partial charge in [0, 0.05) is 17.7 Å². The molecule has 26 heavy (non-hydrogen) atoms. The van der Waals surface area contributed by atoms with Gasteiger partial charge in [0.1, 0.15) is 16.4 Å². The summed E-state index contributed by atoms with van der Waals surface area (Å²) in [4.78, 5) is 11.8. The van der Waals surface area contributed by atoms with Crippen molar-refractivity contribution in [3.05, 3.63) is 42.5 Å². The third-order valence-electron chi connectivity index (χ3n) is 3.99.